The molecule has 19 heteroatoms. The van der Waals surface area contributed by atoms with Crippen LogP contribution in [-0.4, -0.2) is 83.3 Å². The van der Waals surface area contributed by atoms with E-state index in [-0.39, 0.29) is 36.4 Å². The summed E-state index contributed by atoms with van der Waals surface area (Å²) >= 11 is 1.11. The number of thioether (sulfide) groups is 1. The number of hydrogen-bond donors (Lipinski definition) is 4. The number of nitrogens with one attached hydrogen (secondary N) is 1. The number of aliphatic hydroxyl groups excluding tert-OH is 2. The molecule has 0 radical (unpaired) electrons. The summed E-state index contributed by atoms with van der Waals surface area (Å²) < 4.78 is 32.5. The molecule has 2 unspecified atom stereocenters. The minimum Gasteiger partial charge on any atom is -0.456 e. The van der Waals surface area contributed by atoms with Crippen molar-refractivity contribution in [2.24, 2.45) is 22.8 Å². The lowest BCUT2D eigenvalue weighted by Crippen LogP contribution is -2.43. The van der Waals surface area contributed by atoms with Crippen LogP contribution in [0.1, 0.15) is 12.6 Å². The highest BCUT2D eigenvalue weighted by Crippen LogP contribution is 2.48. The Labute approximate surface area is 266 Å². The van der Waals surface area contributed by atoms with Crippen molar-refractivity contribution in [3.8, 4) is 5.75 Å². The van der Waals surface area contributed by atoms with Gasteiger partial charge in [-0.3, -0.25) is 9.32 Å². The number of benzene rings is 2. The maximum Gasteiger partial charge on any atom is 0.459 e. The molecule has 0 bridgehead atoms. The molecular weight excluding hydrogens is 643 g/mol. The van der Waals surface area contributed by atoms with Crippen LogP contribution in [-0.2, 0) is 32.3 Å². The van der Waals surface area contributed by atoms with Gasteiger partial charge in [-0.25, -0.2) is 14.1 Å². The van der Waals surface area contributed by atoms with E-state index >= 15 is 0 Å². The fourth-order valence-electron chi connectivity index (χ4n) is 4.68. The van der Waals surface area contributed by atoms with Crippen molar-refractivity contribution in [2.75, 3.05) is 6.61 Å². The van der Waals surface area contributed by atoms with Gasteiger partial charge in [0.25, 0.3) is 0 Å². The van der Waals surface area contributed by atoms with Crippen molar-refractivity contribution >= 4 is 54.5 Å². The molecule has 244 valence electrons. The first-order chi connectivity index (χ1) is 21.9. The van der Waals surface area contributed by atoms with Gasteiger partial charge in [-0.05, 0) is 23.3 Å². The summed E-state index contributed by atoms with van der Waals surface area (Å²) in [6.45, 7) is 4.46. The topological polar surface area (TPSA) is 229 Å². The lowest BCUT2D eigenvalue weighted by molar-refractivity contribution is -0.396. The third-order valence-electron chi connectivity index (χ3n) is 7.14. The van der Waals surface area contributed by atoms with Crippen molar-refractivity contribution in [3.63, 3.8) is 0 Å². The van der Waals surface area contributed by atoms with Crippen LogP contribution in [0.2, 0.25) is 0 Å². The monoisotopic (exact) mass is 674 g/mol. The van der Waals surface area contributed by atoms with Crippen LogP contribution in [0.15, 0.2) is 71.0 Å². The van der Waals surface area contributed by atoms with Crippen LogP contribution in [0, 0.1) is 10.1 Å². The lowest BCUT2D eigenvalue weighted by Gasteiger charge is -2.29. The SMILES string of the molecule is C=C1N=C(N)N=CN1[C@@H]1S[C@H](COP(=O)(N[C@@H](C)C(=O)OCc2cnc([N+](=O)[O-])n2C)Oc2cccc3ccccc23)[C@H](O)C1O. The molecule has 3 heterocycles. The third kappa shape index (κ3) is 7.06. The van der Waals surface area contributed by atoms with E-state index in [9.17, 15) is 29.7 Å². The molecule has 1 fully saturated rings. The number of nitrogens with two attached hydrogens (primary N) is 1. The van der Waals surface area contributed by atoms with Crippen molar-refractivity contribution in [3.05, 3.63) is 76.9 Å². The molecule has 1 aromatic heterocycles. The summed E-state index contributed by atoms with van der Waals surface area (Å²) in [4.78, 5) is 36.4. The van der Waals surface area contributed by atoms with Crippen molar-refractivity contribution in [2.45, 2.75) is 42.4 Å². The Morgan fingerprint density at radius 2 is 2.00 bits per heavy atom. The first kappa shape index (κ1) is 33.1. The number of hydrogen-bond acceptors (Lipinski definition) is 15. The average molecular weight is 675 g/mol. The van der Waals surface area contributed by atoms with Crippen LogP contribution in [0.5, 0.6) is 5.75 Å². The van der Waals surface area contributed by atoms with Gasteiger partial charge in [0.05, 0.1) is 25.0 Å². The fraction of sp³-hybridized carbons (Fsp3) is 0.333. The molecule has 0 amide bonds. The highest BCUT2D eigenvalue weighted by molar-refractivity contribution is 8.00. The van der Waals surface area contributed by atoms with Gasteiger partial charge in [0.15, 0.2) is 5.69 Å². The maximum absolute atomic E-state index is 14.3. The molecular formula is C27H31N8O9PS. The second-order valence-electron chi connectivity index (χ2n) is 10.3. The number of rotatable bonds is 12. The second-order valence-corrected chi connectivity index (χ2v) is 13.3. The van der Waals surface area contributed by atoms with Gasteiger partial charge >= 0.3 is 19.7 Å². The Hall–Kier alpha value is -4.32. The van der Waals surface area contributed by atoms with E-state index in [4.69, 9.17) is 19.5 Å². The normalized spacial score (nSPS) is 23.2. The number of nitro groups is 1. The number of imidazole rings is 1. The van der Waals surface area contributed by atoms with Gasteiger partial charge in [-0.15, -0.1) is 11.8 Å². The van der Waals surface area contributed by atoms with E-state index < -0.39 is 53.5 Å². The Morgan fingerprint density at radius 1 is 1.26 bits per heavy atom. The molecule has 46 heavy (non-hydrogen) atoms. The van der Waals surface area contributed by atoms with Crippen LogP contribution in [0.4, 0.5) is 5.95 Å². The number of esters is 1. The van der Waals surface area contributed by atoms with Crippen LogP contribution in [0.3, 0.4) is 0 Å². The minimum absolute atomic E-state index is 0.00829. The average Bonchev–Trinajstić information content (AvgIpc) is 3.53. The van der Waals surface area contributed by atoms with Crippen LogP contribution < -0.4 is 15.3 Å². The molecule has 6 atom stereocenters. The van der Waals surface area contributed by atoms with E-state index in [0.29, 0.717) is 5.39 Å². The molecule has 17 nitrogen and oxygen atoms in total. The number of aliphatic imine (C=N–C) groups is 2. The Morgan fingerprint density at radius 3 is 2.72 bits per heavy atom. The largest absolute Gasteiger partial charge is 0.459 e. The van der Waals surface area contributed by atoms with E-state index in [1.807, 2.05) is 18.2 Å². The number of aromatic nitrogens is 2. The van der Waals surface area contributed by atoms with Gasteiger partial charge in [0.1, 0.15) is 48.2 Å². The Bertz CT molecular complexity index is 1760. The first-order valence-electron chi connectivity index (χ1n) is 13.8. The standard InChI is InChI=1S/C27H31N8O9PS/c1-15(25(38)42-12-18-11-29-27(33(18)3)35(39)40)32-45(41,44-20-10-6-8-17-7-4-5-9-19(17)20)43-13-21-22(36)23(37)24(46-21)34-14-30-26(28)31-16(34)2/h4-11,14-15,21-24,36-37H,2,12-13H2,1,3H3,(H2,28,31)(H,32,41)/t15-,21+,22-,23?,24+,45?/m0/s1. The van der Waals surface area contributed by atoms with E-state index in [2.05, 4.69) is 26.6 Å². The van der Waals surface area contributed by atoms with E-state index in [1.165, 1.54) is 36.0 Å². The van der Waals surface area contributed by atoms with Crippen molar-refractivity contribution < 1.29 is 38.3 Å². The van der Waals surface area contributed by atoms with Crippen molar-refractivity contribution in [1.82, 2.24) is 19.5 Å². The molecule has 2 aromatic carbocycles. The predicted octanol–water partition coefficient (Wildman–Crippen LogP) is 2.00. The van der Waals surface area contributed by atoms with Gasteiger partial charge < -0.3 is 40.2 Å². The number of fused-ring (bicyclic) bond motifs is 1. The number of ether oxygens (including phenoxy) is 1. The maximum atomic E-state index is 14.3. The number of carbonyl (C=O) groups excluding carboxylic acids is 1. The fourth-order valence-corrected chi connectivity index (χ4v) is 7.77. The summed E-state index contributed by atoms with van der Waals surface area (Å²) in [7, 11) is -2.99. The predicted molar refractivity (Wildman–Crippen MR) is 169 cm³/mol. The zero-order valence-corrected chi connectivity index (χ0v) is 26.3. The number of carbonyl (C=O) groups is 1. The van der Waals surface area contributed by atoms with Crippen LogP contribution in [0.25, 0.3) is 10.8 Å². The second kappa shape index (κ2) is 13.6. The Balaban J connectivity index is 1.32. The van der Waals surface area contributed by atoms with Gasteiger partial charge in [-0.2, -0.15) is 10.1 Å². The highest BCUT2D eigenvalue weighted by atomic mass is 32.2. The molecule has 3 aromatic rings. The lowest BCUT2D eigenvalue weighted by atomic mass is 10.1. The summed E-state index contributed by atoms with van der Waals surface area (Å²) in [6.07, 6.45) is -0.0656. The molecule has 0 spiro atoms. The summed E-state index contributed by atoms with van der Waals surface area (Å²) in [5.41, 5.74) is 5.87. The summed E-state index contributed by atoms with van der Waals surface area (Å²) in [5.74, 6) is -0.886. The van der Waals surface area contributed by atoms with Gasteiger partial charge in [0, 0.05) is 5.39 Å². The summed E-state index contributed by atoms with van der Waals surface area (Å²) in [5, 5.41) is 35.2. The highest BCUT2D eigenvalue weighted by Gasteiger charge is 2.47. The minimum atomic E-state index is -4.40. The molecule has 1 saturated heterocycles. The zero-order chi connectivity index (χ0) is 33.2. The summed E-state index contributed by atoms with van der Waals surface area (Å²) in [6, 6.07) is 11.1. The quantitative estimate of drug-likeness (QED) is 0.0932. The number of aliphatic hydroxyl groups is 2. The molecule has 5 rings (SSSR count). The smallest absolute Gasteiger partial charge is 0.456 e. The van der Waals surface area contributed by atoms with E-state index in [0.717, 1.165) is 17.1 Å². The molecule has 0 aliphatic carbocycles. The van der Waals surface area contributed by atoms with E-state index in [1.54, 1.807) is 24.3 Å². The number of guanidine groups is 1. The van der Waals surface area contributed by atoms with Gasteiger partial charge in [-0.1, -0.05) is 48.0 Å². The molecule has 2 aliphatic rings. The molecule has 5 N–H and O–H groups in total. The van der Waals surface area contributed by atoms with Crippen molar-refractivity contribution in [1.29, 1.82) is 0 Å². The Kier molecular flexibility index (Phi) is 9.76. The number of nitrogens with zero attached hydrogens (tertiary/aromatic N) is 6. The zero-order valence-electron chi connectivity index (χ0n) is 24.6. The van der Waals surface area contributed by atoms with Gasteiger partial charge in [0.2, 0.25) is 5.96 Å². The molecule has 2 aliphatic heterocycles. The third-order valence-corrected chi connectivity index (χ3v) is 10.3. The molecule has 0 saturated carbocycles. The van der Waals surface area contributed by atoms with Crippen LogP contribution >= 0.6 is 19.5 Å². The first-order valence-corrected chi connectivity index (χ1v) is 16.2.